The molecule has 7 heteroatoms. The second kappa shape index (κ2) is 16.6. The smallest absolute Gasteiger partial charge is 0.412 e. The van der Waals surface area contributed by atoms with E-state index >= 15 is 0 Å². The van der Waals surface area contributed by atoms with Crippen LogP contribution in [-0.2, 0) is 14.3 Å². The van der Waals surface area contributed by atoms with Crippen LogP contribution in [0.4, 0.5) is 4.79 Å². The van der Waals surface area contributed by atoms with Gasteiger partial charge in [0.25, 0.3) is 0 Å². The molecule has 0 aliphatic carbocycles. The number of hydrogen-bond donors (Lipinski definition) is 1. The number of nitrogens with two attached hydrogens (primary N) is 1. The van der Waals surface area contributed by atoms with Crippen molar-refractivity contribution in [3.63, 3.8) is 0 Å². The standard InChI is InChI=1S/C17H31N3O4.C2H6/c1-6-7-8-14(19-4)9-10-20(5)17(22)24-12-23-16(21)15(18)11-13(2)3;1-2/h7-8,13,15H,6,9-12,18H2,1-5H3;1-2H3/b8-7-,19-14?;. The van der Waals surface area contributed by atoms with E-state index in [2.05, 4.69) is 4.99 Å². The average Bonchev–Trinajstić information content (AvgIpc) is 2.62. The molecule has 0 aromatic heterocycles. The number of esters is 1. The highest BCUT2D eigenvalue weighted by molar-refractivity contribution is 5.95. The molecule has 26 heavy (non-hydrogen) atoms. The quantitative estimate of drug-likeness (QED) is 0.361. The first-order valence-corrected chi connectivity index (χ1v) is 9.24. The first-order chi connectivity index (χ1) is 12.3. The van der Waals surface area contributed by atoms with Crippen LogP contribution in [0.25, 0.3) is 0 Å². The van der Waals surface area contributed by atoms with Gasteiger partial charge in [0.2, 0.25) is 6.79 Å². The molecule has 7 nitrogen and oxygen atoms in total. The molecule has 0 aromatic carbocycles. The molecule has 0 fully saturated rings. The maximum absolute atomic E-state index is 11.8. The number of hydrogen-bond acceptors (Lipinski definition) is 6. The van der Waals surface area contributed by atoms with Gasteiger partial charge in [-0.1, -0.05) is 40.7 Å². The van der Waals surface area contributed by atoms with Crippen LogP contribution in [0.15, 0.2) is 17.1 Å². The van der Waals surface area contributed by atoms with E-state index in [1.165, 1.54) is 4.90 Å². The number of allylic oxidation sites excluding steroid dienone is 2. The van der Waals surface area contributed by atoms with Crippen molar-refractivity contribution < 1.29 is 19.1 Å². The first kappa shape index (κ1) is 26.3. The molecule has 0 bridgehead atoms. The summed E-state index contributed by atoms with van der Waals surface area (Å²) in [6.45, 7) is 10.00. The average molecular weight is 372 g/mol. The molecule has 1 atom stereocenters. The number of ether oxygens (including phenoxy) is 2. The number of amides is 1. The summed E-state index contributed by atoms with van der Waals surface area (Å²) >= 11 is 0. The van der Waals surface area contributed by atoms with E-state index in [9.17, 15) is 9.59 Å². The lowest BCUT2D eigenvalue weighted by atomic mass is 10.1. The van der Waals surface area contributed by atoms with Crippen LogP contribution in [0.5, 0.6) is 0 Å². The molecular weight excluding hydrogens is 334 g/mol. The van der Waals surface area contributed by atoms with Crippen molar-refractivity contribution in [1.29, 1.82) is 0 Å². The lowest BCUT2D eigenvalue weighted by Gasteiger charge is -2.17. The van der Waals surface area contributed by atoms with Gasteiger partial charge in [-0.25, -0.2) is 4.79 Å². The van der Waals surface area contributed by atoms with Crippen LogP contribution in [0.2, 0.25) is 0 Å². The summed E-state index contributed by atoms with van der Waals surface area (Å²) < 4.78 is 9.76. The van der Waals surface area contributed by atoms with Crippen molar-refractivity contribution in [1.82, 2.24) is 4.90 Å². The predicted octanol–water partition coefficient (Wildman–Crippen LogP) is 3.38. The molecule has 0 aromatic rings. The minimum Gasteiger partial charge on any atom is -0.427 e. The Kier molecular flexibility index (Phi) is 16.8. The van der Waals surface area contributed by atoms with Crippen LogP contribution >= 0.6 is 0 Å². The van der Waals surface area contributed by atoms with Crippen molar-refractivity contribution in [2.45, 2.75) is 59.9 Å². The fourth-order valence-electron chi connectivity index (χ4n) is 1.86. The maximum Gasteiger partial charge on any atom is 0.412 e. The molecule has 1 amide bonds. The van der Waals surface area contributed by atoms with E-state index in [4.69, 9.17) is 15.2 Å². The Morgan fingerprint density at radius 2 is 1.85 bits per heavy atom. The summed E-state index contributed by atoms with van der Waals surface area (Å²) in [6.07, 6.45) is 5.48. The molecule has 0 saturated carbocycles. The molecule has 152 valence electrons. The van der Waals surface area contributed by atoms with Crippen molar-refractivity contribution in [2.24, 2.45) is 16.6 Å². The molecule has 0 aliphatic heterocycles. The second-order valence-electron chi connectivity index (χ2n) is 5.92. The number of aliphatic imine (C=N–C) groups is 1. The number of nitrogens with zero attached hydrogens (tertiary/aromatic N) is 2. The number of carbonyl (C=O) groups is 2. The molecule has 0 radical (unpaired) electrons. The Balaban J connectivity index is 0. The summed E-state index contributed by atoms with van der Waals surface area (Å²) in [5, 5.41) is 0. The largest absolute Gasteiger partial charge is 0.427 e. The van der Waals surface area contributed by atoms with Gasteiger partial charge in [0, 0.05) is 32.8 Å². The molecule has 0 aliphatic rings. The third kappa shape index (κ3) is 13.4. The maximum atomic E-state index is 11.8. The Labute approximate surface area is 158 Å². The minimum absolute atomic E-state index is 0.289. The molecule has 0 saturated heterocycles. The van der Waals surface area contributed by atoms with E-state index in [0.717, 1.165) is 12.1 Å². The van der Waals surface area contributed by atoms with Crippen LogP contribution < -0.4 is 5.73 Å². The third-order valence-corrected chi connectivity index (χ3v) is 3.26. The van der Waals surface area contributed by atoms with E-state index in [1.54, 1.807) is 14.1 Å². The fraction of sp³-hybridized carbons (Fsp3) is 0.737. The first-order valence-electron chi connectivity index (χ1n) is 9.24. The van der Waals surface area contributed by atoms with Crippen molar-refractivity contribution in [2.75, 3.05) is 27.4 Å². The van der Waals surface area contributed by atoms with Gasteiger partial charge in [-0.05, 0) is 24.8 Å². The van der Waals surface area contributed by atoms with Crippen LogP contribution in [0, 0.1) is 5.92 Å². The van der Waals surface area contributed by atoms with Gasteiger partial charge in [0.05, 0.1) is 0 Å². The van der Waals surface area contributed by atoms with E-state index in [-0.39, 0.29) is 5.92 Å². The number of rotatable bonds is 10. The summed E-state index contributed by atoms with van der Waals surface area (Å²) in [5.41, 5.74) is 6.59. The molecular formula is C19H37N3O4. The van der Waals surface area contributed by atoms with Crippen LogP contribution in [0.3, 0.4) is 0 Å². The zero-order valence-electron chi connectivity index (χ0n) is 17.4. The number of carbonyl (C=O) groups excluding carboxylic acids is 2. The zero-order chi connectivity index (χ0) is 20.5. The fourth-order valence-corrected chi connectivity index (χ4v) is 1.86. The topological polar surface area (TPSA) is 94.2 Å². The predicted molar refractivity (Wildman–Crippen MR) is 106 cm³/mol. The lowest BCUT2D eigenvalue weighted by molar-refractivity contribution is -0.154. The Bertz CT molecular complexity index is 448. The SMILES string of the molecule is CC.CC/C=C\C(CCN(C)C(=O)OCOC(=O)C(N)CC(C)C)=NC. The van der Waals surface area contributed by atoms with Gasteiger partial charge in [0.15, 0.2) is 0 Å². The Morgan fingerprint density at radius 1 is 1.23 bits per heavy atom. The van der Waals surface area contributed by atoms with Crippen molar-refractivity contribution >= 4 is 17.8 Å². The van der Waals surface area contributed by atoms with Crippen LogP contribution in [0.1, 0.15) is 53.9 Å². The summed E-state index contributed by atoms with van der Waals surface area (Å²) in [6, 6.07) is -0.699. The Morgan fingerprint density at radius 3 is 2.35 bits per heavy atom. The molecule has 2 N–H and O–H groups in total. The monoisotopic (exact) mass is 371 g/mol. The van der Waals surface area contributed by atoms with E-state index in [0.29, 0.717) is 19.4 Å². The van der Waals surface area contributed by atoms with Crippen molar-refractivity contribution in [3.05, 3.63) is 12.2 Å². The van der Waals surface area contributed by atoms with Crippen molar-refractivity contribution in [3.8, 4) is 0 Å². The Hall–Kier alpha value is -1.89. The lowest BCUT2D eigenvalue weighted by Crippen LogP contribution is -2.35. The summed E-state index contributed by atoms with van der Waals surface area (Å²) in [7, 11) is 3.33. The molecule has 1 unspecified atom stereocenters. The van der Waals surface area contributed by atoms with Gasteiger partial charge in [-0.15, -0.1) is 0 Å². The highest BCUT2D eigenvalue weighted by atomic mass is 16.7. The van der Waals surface area contributed by atoms with Crippen LogP contribution in [-0.4, -0.2) is 56.1 Å². The summed E-state index contributed by atoms with van der Waals surface area (Å²) in [5.74, 6) is -0.276. The molecule has 0 heterocycles. The third-order valence-electron chi connectivity index (χ3n) is 3.26. The highest BCUT2D eigenvalue weighted by Crippen LogP contribution is 2.04. The van der Waals surface area contributed by atoms with Gasteiger partial charge < -0.3 is 20.1 Å². The van der Waals surface area contributed by atoms with Gasteiger partial charge >= 0.3 is 12.1 Å². The second-order valence-corrected chi connectivity index (χ2v) is 5.92. The van der Waals surface area contributed by atoms with Gasteiger partial charge in [-0.2, -0.15) is 0 Å². The molecule has 0 rings (SSSR count). The minimum atomic E-state index is -0.699. The van der Waals surface area contributed by atoms with E-state index in [1.807, 2.05) is 46.8 Å². The van der Waals surface area contributed by atoms with Gasteiger partial charge in [0.1, 0.15) is 6.04 Å². The molecule has 0 spiro atoms. The van der Waals surface area contributed by atoms with Gasteiger partial charge in [-0.3, -0.25) is 9.79 Å². The normalized spacial score (nSPS) is 12.4. The zero-order valence-corrected chi connectivity index (χ0v) is 17.4. The summed E-state index contributed by atoms with van der Waals surface area (Å²) in [4.78, 5) is 29.0. The highest BCUT2D eigenvalue weighted by Gasteiger charge is 2.17. The van der Waals surface area contributed by atoms with E-state index < -0.39 is 24.9 Å².